The Morgan fingerprint density at radius 1 is 0.519 bits per heavy atom. The summed E-state index contributed by atoms with van der Waals surface area (Å²) in [6.07, 6.45) is 14.5. The molecule has 2 rings (SSSR count). The molecule has 0 aliphatic rings. The zero-order valence-electron chi connectivity index (χ0n) is 32.6. The minimum absolute atomic E-state index is 0.0121. The molecule has 0 fully saturated rings. The minimum Gasteiger partial charge on any atom is -0.460 e. The van der Waals surface area contributed by atoms with Crippen molar-refractivity contribution in [3.05, 3.63) is 59.7 Å². The van der Waals surface area contributed by atoms with Gasteiger partial charge in [0.05, 0.1) is 89.5 Å². The van der Waals surface area contributed by atoms with Crippen LogP contribution in [0.2, 0.25) is 0 Å². The van der Waals surface area contributed by atoms with Gasteiger partial charge in [0.2, 0.25) is 0 Å². The first-order chi connectivity index (χ1) is 26.4. The molecule has 0 aliphatic heterocycles. The third kappa shape index (κ3) is 25.4. The van der Waals surface area contributed by atoms with Crippen molar-refractivity contribution < 1.29 is 51.1 Å². The van der Waals surface area contributed by atoms with E-state index in [2.05, 4.69) is 12.2 Å². The Hall–Kier alpha value is -2.74. The number of hydrogen-bond acceptors (Lipinski definition) is 9. The summed E-state index contributed by atoms with van der Waals surface area (Å²) in [5.41, 5.74) is -0.0524. The number of ether oxygens (including phenoxy) is 7. The molecule has 2 aromatic rings. The molecule has 2 aromatic carbocycles. The molecular weight excluding hydrogens is 703 g/mol. The smallest absolute Gasteiger partial charge is 0.416 e. The molecule has 0 saturated carbocycles. The number of hydrogen-bond donors (Lipinski definition) is 1. The number of rotatable bonds is 36. The molecule has 0 aromatic heterocycles. The van der Waals surface area contributed by atoms with E-state index in [1.165, 1.54) is 102 Å². The highest BCUT2D eigenvalue weighted by Crippen LogP contribution is 2.32. The Labute approximate surface area is 321 Å². The van der Waals surface area contributed by atoms with Crippen LogP contribution in [-0.2, 0) is 39.3 Å². The van der Waals surface area contributed by atoms with Gasteiger partial charge in [0, 0.05) is 12.3 Å². The molecule has 0 unspecified atom stereocenters. The predicted octanol–water partition coefficient (Wildman–Crippen LogP) is 10.2. The molecule has 0 bridgehead atoms. The van der Waals surface area contributed by atoms with Gasteiger partial charge in [-0.2, -0.15) is 13.2 Å². The zero-order valence-corrected chi connectivity index (χ0v) is 32.6. The van der Waals surface area contributed by atoms with Crippen LogP contribution in [0.5, 0.6) is 0 Å². The SMILES string of the molecule is CCCCCCCCCCCCCCCCOCCOCCOCCOCCOCCOCCOC(=O)c1ccccc1Nc1cccc(C(F)(F)F)c1. The van der Waals surface area contributed by atoms with Crippen molar-refractivity contribution in [2.24, 2.45) is 0 Å². The molecular formula is C42H66F3NO8. The monoisotopic (exact) mass is 769 g/mol. The van der Waals surface area contributed by atoms with Gasteiger partial charge >= 0.3 is 12.1 Å². The van der Waals surface area contributed by atoms with Gasteiger partial charge in [-0.1, -0.05) is 109 Å². The van der Waals surface area contributed by atoms with Gasteiger partial charge < -0.3 is 38.5 Å². The third-order valence-electron chi connectivity index (χ3n) is 8.58. The standard InChI is InChI=1S/C42H66F3NO8/c1-2-3-4-5-6-7-8-9-10-11-12-13-14-17-23-48-24-25-49-26-27-50-28-29-51-30-31-52-32-33-53-34-35-54-41(47)39-21-15-16-22-40(39)46-38-20-18-19-37(36-38)42(43,44)45/h15-16,18-22,36,46H,2-14,17,23-35H2,1H3. The first-order valence-corrected chi connectivity index (χ1v) is 20.1. The van der Waals surface area contributed by atoms with E-state index >= 15 is 0 Å². The van der Waals surface area contributed by atoms with Gasteiger partial charge in [-0.25, -0.2) is 4.79 Å². The van der Waals surface area contributed by atoms with Crippen LogP contribution in [0, 0.1) is 0 Å². The third-order valence-corrected chi connectivity index (χ3v) is 8.58. The number of anilines is 2. The van der Waals surface area contributed by atoms with E-state index in [0.717, 1.165) is 25.2 Å². The molecule has 12 heteroatoms. The zero-order chi connectivity index (χ0) is 38.8. The second-order valence-electron chi connectivity index (χ2n) is 13.2. The van der Waals surface area contributed by atoms with E-state index in [4.69, 9.17) is 33.2 Å². The Morgan fingerprint density at radius 3 is 1.43 bits per heavy atom. The summed E-state index contributed by atoms with van der Waals surface area (Å²) < 4.78 is 77.6. The number of carbonyl (C=O) groups excluding carboxylic acids is 1. The lowest BCUT2D eigenvalue weighted by atomic mass is 10.0. The van der Waals surface area contributed by atoms with E-state index < -0.39 is 17.7 Å². The molecule has 9 nitrogen and oxygen atoms in total. The molecule has 0 saturated heterocycles. The van der Waals surface area contributed by atoms with Gasteiger partial charge in [0.15, 0.2) is 0 Å². The Balaban J connectivity index is 1.29. The number of carbonyl (C=O) groups is 1. The van der Waals surface area contributed by atoms with Crippen molar-refractivity contribution >= 4 is 17.3 Å². The molecule has 0 heterocycles. The molecule has 54 heavy (non-hydrogen) atoms. The van der Waals surface area contributed by atoms with Crippen LogP contribution in [0.1, 0.15) is 113 Å². The fourth-order valence-electron chi connectivity index (χ4n) is 5.57. The van der Waals surface area contributed by atoms with Crippen molar-refractivity contribution in [1.29, 1.82) is 0 Å². The van der Waals surface area contributed by atoms with Crippen LogP contribution in [0.4, 0.5) is 24.5 Å². The summed E-state index contributed by atoms with van der Waals surface area (Å²) >= 11 is 0. The van der Waals surface area contributed by atoms with Crippen LogP contribution >= 0.6 is 0 Å². The number of benzene rings is 2. The molecule has 0 amide bonds. The van der Waals surface area contributed by atoms with Gasteiger partial charge in [0.25, 0.3) is 0 Å². The quantitative estimate of drug-likeness (QED) is 0.0537. The highest BCUT2D eigenvalue weighted by molar-refractivity contribution is 5.96. The lowest BCUT2D eigenvalue weighted by Crippen LogP contribution is -2.15. The molecule has 0 radical (unpaired) electrons. The van der Waals surface area contributed by atoms with Crippen LogP contribution < -0.4 is 5.32 Å². The molecule has 1 N–H and O–H groups in total. The van der Waals surface area contributed by atoms with Gasteiger partial charge in [0.1, 0.15) is 6.61 Å². The van der Waals surface area contributed by atoms with E-state index in [1.54, 1.807) is 18.2 Å². The topological polar surface area (TPSA) is 93.7 Å². The summed E-state index contributed by atoms with van der Waals surface area (Å²) in [6.45, 7) is 7.95. The number of para-hydroxylation sites is 1. The minimum atomic E-state index is -4.47. The number of nitrogens with one attached hydrogen (secondary N) is 1. The molecule has 0 spiro atoms. The second-order valence-corrected chi connectivity index (χ2v) is 13.2. The van der Waals surface area contributed by atoms with Crippen LogP contribution in [0.15, 0.2) is 48.5 Å². The predicted molar refractivity (Wildman–Crippen MR) is 207 cm³/mol. The maximum atomic E-state index is 13.1. The Bertz CT molecular complexity index is 1190. The van der Waals surface area contributed by atoms with Crippen molar-refractivity contribution in [1.82, 2.24) is 0 Å². The average molecular weight is 770 g/mol. The van der Waals surface area contributed by atoms with Gasteiger partial charge in [-0.3, -0.25) is 0 Å². The molecule has 0 atom stereocenters. The van der Waals surface area contributed by atoms with Crippen LogP contribution in [0.3, 0.4) is 0 Å². The lowest BCUT2D eigenvalue weighted by Gasteiger charge is -2.13. The van der Waals surface area contributed by atoms with E-state index in [9.17, 15) is 18.0 Å². The van der Waals surface area contributed by atoms with Crippen molar-refractivity contribution in [2.45, 2.75) is 103 Å². The first-order valence-electron chi connectivity index (χ1n) is 20.1. The van der Waals surface area contributed by atoms with Gasteiger partial charge in [-0.15, -0.1) is 0 Å². The van der Waals surface area contributed by atoms with E-state index in [1.807, 2.05) is 0 Å². The highest BCUT2D eigenvalue weighted by atomic mass is 19.4. The van der Waals surface area contributed by atoms with Crippen molar-refractivity contribution in [3.63, 3.8) is 0 Å². The summed E-state index contributed by atoms with van der Waals surface area (Å²) in [5, 5.41) is 2.87. The maximum Gasteiger partial charge on any atom is 0.416 e. The van der Waals surface area contributed by atoms with Crippen LogP contribution in [0.25, 0.3) is 0 Å². The number of unbranched alkanes of at least 4 members (excludes halogenated alkanes) is 13. The molecule has 308 valence electrons. The molecule has 0 aliphatic carbocycles. The summed E-state index contributed by atoms with van der Waals surface area (Å²) in [5.74, 6) is -0.617. The Morgan fingerprint density at radius 2 is 0.944 bits per heavy atom. The summed E-state index contributed by atoms with van der Waals surface area (Å²) in [4.78, 5) is 12.6. The largest absolute Gasteiger partial charge is 0.460 e. The summed E-state index contributed by atoms with van der Waals surface area (Å²) in [7, 11) is 0. The number of alkyl halides is 3. The van der Waals surface area contributed by atoms with E-state index in [0.29, 0.717) is 71.8 Å². The van der Waals surface area contributed by atoms with E-state index in [-0.39, 0.29) is 24.5 Å². The van der Waals surface area contributed by atoms with Crippen molar-refractivity contribution in [3.8, 4) is 0 Å². The Kier molecular flexibility index (Phi) is 28.5. The van der Waals surface area contributed by atoms with Crippen molar-refractivity contribution in [2.75, 3.05) is 91.2 Å². The normalized spacial score (nSPS) is 11.6. The lowest BCUT2D eigenvalue weighted by molar-refractivity contribution is -0.137. The summed E-state index contributed by atoms with van der Waals surface area (Å²) in [6, 6.07) is 11.2. The fourth-order valence-corrected chi connectivity index (χ4v) is 5.57. The average Bonchev–Trinajstić information content (AvgIpc) is 3.16. The second kappa shape index (κ2) is 32.5. The first kappa shape index (κ1) is 47.4. The number of esters is 1. The van der Waals surface area contributed by atoms with Crippen LogP contribution in [-0.4, -0.2) is 91.9 Å². The number of halogens is 3. The highest BCUT2D eigenvalue weighted by Gasteiger charge is 2.30. The van der Waals surface area contributed by atoms with Gasteiger partial charge in [-0.05, 0) is 36.8 Å². The maximum absolute atomic E-state index is 13.1. The fraction of sp³-hybridized carbons (Fsp3) is 0.690.